The first kappa shape index (κ1) is 20.0. The lowest BCUT2D eigenvalue weighted by molar-refractivity contribution is -0.121. The van der Waals surface area contributed by atoms with Crippen LogP contribution in [0.3, 0.4) is 0 Å². The van der Waals surface area contributed by atoms with E-state index in [1.807, 2.05) is 37.3 Å². The Bertz CT molecular complexity index is 1050. The maximum atomic E-state index is 12.6. The van der Waals surface area contributed by atoms with Gasteiger partial charge in [-0.25, -0.2) is 0 Å². The molecule has 3 aromatic rings. The zero-order valence-electron chi connectivity index (χ0n) is 16.7. The molecule has 28 heavy (non-hydrogen) atoms. The zero-order chi connectivity index (χ0) is 20.3. The molecule has 0 saturated heterocycles. The number of hydrogen-bond acceptors (Lipinski definition) is 3. The number of aromatic amines is 1. The average molecular weight is 395 g/mol. The molecule has 2 N–H and O–H groups in total. The molecule has 0 bridgehead atoms. The van der Waals surface area contributed by atoms with Crippen LogP contribution in [0.15, 0.2) is 48.5 Å². The van der Waals surface area contributed by atoms with Crippen molar-refractivity contribution in [3.8, 4) is 11.4 Å². The minimum atomic E-state index is -0.168. The Kier molecular flexibility index (Phi) is 5.79. The van der Waals surface area contributed by atoms with Crippen LogP contribution in [0.4, 0.5) is 0 Å². The Balaban J connectivity index is 1.72. The van der Waals surface area contributed by atoms with Gasteiger partial charge in [-0.3, -0.25) is 14.5 Å². The van der Waals surface area contributed by atoms with E-state index in [9.17, 15) is 4.79 Å². The minimum absolute atomic E-state index is 0.0906. The number of hydrogen-bond donors (Lipinski definition) is 2. The predicted molar refractivity (Wildman–Crippen MR) is 115 cm³/mol. The van der Waals surface area contributed by atoms with Crippen molar-refractivity contribution in [3.63, 3.8) is 0 Å². The molecule has 0 spiro atoms. The van der Waals surface area contributed by atoms with Crippen LogP contribution >= 0.6 is 12.2 Å². The van der Waals surface area contributed by atoms with Crippen LogP contribution in [0.1, 0.15) is 30.5 Å². The molecule has 0 saturated carbocycles. The first-order valence-electron chi connectivity index (χ1n) is 9.32. The second kappa shape index (κ2) is 8.10. The Morgan fingerprint density at radius 3 is 2.50 bits per heavy atom. The normalized spacial score (nSPS) is 11.4. The molecular weight excluding hydrogens is 368 g/mol. The lowest BCUT2D eigenvalue weighted by Gasteiger charge is -2.26. The second-order valence-corrected chi connectivity index (χ2v) is 8.22. The van der Waals surface area contributed by atoms with E-state index < -0.39 is 0 Å². The first-order chi connectivity index (χ1) is 13.3. The molecule has 0 unspecified atom stereocenters. The highest BCUT2D eigenvalue weighted by Crippen LogP contribution is 2.23. The van der Waals surface area contributed by atoms with E-state index in [4.69, 9.17) is 12.2 Å². The molecule has 2 aromatic carbocycles. The number of nitrogens with zero attached hydrogens (tertiary/aromatic N) is 2. The van der Waals surface area contributed by atoms with Gasteiger partial charge in [0.25, 0.3) is 0 Å². The third-order valence-electron chi connectivity index (χ3n) is 4.86. The highest BCUT2D eigenvalue weighted by molar-refractivity contribution is 7.71. The Morgan fingerprint density at radius 1 is 1.14 bits per heavy atom. The molecule has 0 atom stereocenters. The Morgan fingerprint density at radius 2 is 1.82 bits per heavy atom. The van der Waals surface area contributed by atoms with E-state index in [0.29, 0.717) is 17.1 Å². The molecule has 6 heteroatoms. The summed E-state index contributed by atoms with van der Waals surface area (Å²) in [5, 5.41) is 10.2. The highest BCUT2D eigenvalue weighted by atomic mass is 32.1. The third-order valence-corrected chi connectivity index (χ3v) is 5.17. The number of carbonyl (C=O) groups excluding carboxylic acids is 1. The summed E-state index contributed by atoms with van der Waals surface area (Å²) in [6, 6.07) is 16.4. The van der Waals surface area contributed by atoms with Crippen molar-refractivity contribution in [2.45, 2.75) is 39.7 Å². The summed E-state index contributed by atoms with van der Waals surface area (Å²) in [6.07, 6.45) is 0. The van der Waals surface area contributed by atoms with E-state index in [2.05, 4.69) is 54.5 Å². The molecule has 3 rings (SSSR count). The summed E-state index contributed by atoms with van der Waals surface area (Å²) in [7, 11) is 0. The molecule has 146 valence electrons. The van der Waals surface area contributed by atoms with E-state index in [-0.39, 0.29) is 17.9 Å². The van der Waals surface area contributed by atoms with Crippen LogP contribution in [0, 0.1) is 18.6 Å². The van der Waals surface area contributed by atoms with Crippen LogP contribution in [0.5, 0.6) is 0 Å². The van der Waals surface area contributed by atoms with Gasteiger partial charge in [-0.1, -0.05) is 67.4 Å². The summed E-state index contributed by atoms with van der Waals surface area (Å²) in [6.45, 7) is 9.02. The van der Waals surface area contributed by atoms with Gasteiger partial charge in [-0.2, -0.15) is 5.10 Å². The Hall–Kier alpha value is -2.73. The lowest BCUT2D eigenvalue weighted by Crippen LogP contribution is -2.38. The summed E-state index contributed by atoms with van der Waals surface area (Å²) in [4.78, 5) is 12.6. The van der Waals surface area contributed by atoms with Gasteiger partial charge in [0.1, 0.15) is 6.54 Å². The largest absolute Gasteiger partial charge is 0.354 e. The van der Waals surface area contributed by atoms with Crippen molar-refractivity contribution in [1.82, 2.24) is 20.1 Å². The van der Waals surface area contributed by atoms with Crippen molar-refractivity contribution in [3.05, 3.63) is 70.0 Å². The molecule has 1 heterocycles. The lowest BCUT2D eigenvalue weighted by atomic mass is 9.84. The summed E-state index contributed by atoms with van der Waals surface area (Å²) in [5.41, 5.74) is 4.30. The molecule has 1 aromatic heterocycles. The Labute approximate surface area is 170 Å². The van der Waals surface area contributed by atoms with Gasteiger partial charge in [0.15, 0.2) is 10.6 Å². The van der Waals surface area contributed by atoms with Crippen LogP contribution < -0.4 is 5.32 Å². The minimum Gasteiger partial charge on any atom is -0.354 e. The van der Waals surface area contributed by atoms with Gasteiger partial charge in [0.05, 0.1) is 0 Å². The number of benzene rings is 2. The van der Waals surface area contributed by atoms with Crippen molar-refractivity contribution in [2.24, 2.45) is 0 Å². The molecule has 0 aliphatic carbocycles. The number of nitrogens with one attached hydrogen (secondary N) is 2. The number of aryl methyl sites for hydroxylation is 2. The fourth-order valence-corrected chi connectivity index (χ4v) is 3.35. The molecule has 0 fully saturated rings. The monoisotopic (exact) mass is 394 g/mol. The predicted octanol–water partition coefficient (Wildman–Crippen LogP) is 4.32. The fourth-order valence-electron chi connectivity index (χ4n) is 3.16. The van der Waals surface area contributed by atoms with Gasteiger partial charge >= 0.3 is 0 Å². The van der Waals surface area contributed by atoms with Crippen LogP contribution in [0.2, 0.25) is 0 Å². The van der Waals surface area contributed by atoms with Crippen LogP contribution in [0.25, 0.3) is 11.4 Å². The second-order valence-electron chi connectivity index (χ2n) is 7.84. The standard InChI is InChI=1S/C22H26N4OS/c1-15-7-5-9-17(11-15)20-24-25-21(28)26(20)13-19(27)23-14-22(3,4)18-10-6-8-16(2)12-18/h5-12H,13-14H2,1-4H3,(H,23,27)(H,25,28). The van der Waals surface area contributed by atoms with Gasteiger partial charge in [-0.05, 0) is 37.7 Å². The topological polar surface area (TPSA) is 62.7 Å². The van der Waals surface area contributed by atoms with Gasteiger partial charge < -0.3 is 5.32 Å². The van der Waals surface area contributed by atoms with E-state index >= 15 is 0 Å². The number of carbonyl (C=O) groups is 1. The summed E-state index contributed by atoms with van der Waals surface area (Å²) in [5.74, 6) is 0.578. The van der Waals surface area contributed by atoms with Gasteiger partial charge in [0, 0.05) is 17.5 Å². The van der Waals surface area contributed by atoms with E-state index in [1.54, 1.807) is 4.57 Å². The molecule has 0 aliphatic rings. The maximum absolute atomic E-state index is 12.6. The van der Waals surface area contributed by atoms with Crippen LogP contribution in [-0.2, 0) is 16.8 Å². The number of rotatable bonds is 6. The molecular formula is C22H26N4OS. The SMILES string of the molecule is Cc1cccc(-c2n[nH]c(=S)n2CC(=O)NCC(C)(C)c2cccc(C)c2)c1. The van der Waals surface area contributed by atoms with Crippen molar-refractivity contribution in [1.29, 1.82) is 0 Å². The van der Waals surface area contributed by atoms with Crippen molar-refractivity contribution >= 4 is 18.1 Å². The third kappa shape index (κ3) is 4.57. The quantitative estimate of drug-likeness (QED) is 0.612. The van der Waals surface area contributed by atoms with E-state index in [1.165, 1.54) is 11.1 Å². The fraction of sp³-hybridized carbons (Fsp3) is 0.318. The molecule has 5 nitrogen and oxygen atoms in total. The number of H-pyrrole nitrogens is 1. The molecule has 0 radical (unpaired) electrons. The first-order valence-corrected chi connectivity index (χ1v) is 9.73. The maximum Gasteiger partial charge on any atom is 0.240 e. The zero-order valence-corrected chi connectivity index (χ0v) is 17.6. The molecule has 1 amide bonds. The smallest absolute Gasteiger partial charge is 0.240 e. The van der Waals surface area contributed by atoms with Crippen molar-refractivity contribution < 1.29 is 4.79 Å². The number of amides is 1. The van der Waals surface area contributed by atoms with Gasteiger partial charge in [0.2, 0.25) is 5.91 Å². The van der Waals surface area contributed by atoms with E-state index in [0.717, 1.165) is 11.1 Å². The van der Waals surface area contributed by atoms with Crippen LogP contribution in [-0.4, -0.2) is 27.2 Å². The summed E-state index contributed by atoms with van der Waals surface area (Å²) < 4.78 is 2.17. The molecule has 0 aliphatic heterocycles. The highest BCUT2D eigenvalue weighted by Gasteiger charge is 2.22. The summed E-state index contributed by atoms with van der Waals surface area (Å²) >= 11 is 5.34. The van der Waals surface area contributed by atoms with Crippen molar-refractivity contribution in [2.75, 3.05) is 6.54 Å². The average Bonchev–Trinajstić information content (AvgIpc) is 3.01. The van der Waals surface area contributed by atoms with Gasteiger partial charge in [-0.15, -0.1) is 0 Å². The number of aromatic nitrogens is 3.